The number of fused-ring (bicyclic) bond motifs is 2. The number of halogens is 3. The maximum Gasteiger partial charge on any atom is 0.406 e. The van der Waals surface area contributed by atoms with Crippen molar-refractivity contribution in [1.29, 1.82) is 0 Å². The van der Waals surface area contributed by atoms with Crippen LogP contribution in [0.5, 0.6) is 0 Å². The molecule has 0 radical (unpaired) electrons. The summed E-state index contributed by atoms with van der Waals surface area (Å²) in [6.45, 7) is -1.07. The minimum Gasteiger partial charge on any atom is -0.396 e. The molecule has 4 aliphatic carbocycles. The molecule has 2 amide bonds. The zero-order valence-corrected chi connectivity index (χ0v) is 23.9. The first-order valence-corrected chi connectivity index (χ1v) is 16.3. The van der Waals surface area contributed by atoms with Gasteiger partial charge in [0.1, 0.15) is 6.54 Å². The fraction of sp³-hybridized carbons (Fsp3) is 0.875. The molecule has 2 heterocycles. The average Bonchev–Trinajstić information content (AvgIpc) is 2.97. The predicted molar refractivity (Wildman–Crippen MR) is 146 cm³/mol. The lowest BCUT2D eigenvalue weighted by atomic mass is 9.50. The number of carbonyl (C=O) groups is 2. The third-order valence-corrected chi connectivity index (χ3v) is 11.8. The summed E-state index contributed by atoms with van der Waals surface area (Å²) < 4.78 is 42.4. The molecule has 2 aliphatic heterocycles. The molecule has 4 atom stereocenters. The Bertz CT molecular complexity index is 998. The van der Waals surface area contributed by atoms with E-state index in [9.17, 15) is 23.1 Å². The van der Waals surface area contributed by atoms with Crippen LogP contribution in [0.4, 0.5) is 13.2 Å². The fourth-order valence-electron chi connectivity index (χ4n) is 10.1. The maximum atomic E-state index is 15.0. The van der Waals surface area contributed by atoms with E-state index in [4.69, 9.17) is 0 Å². The van der Waals surface area contributed by atoms with Crippen LogP contribution in [0.2, 0.25) is 0 Å². The highest BCUT2D eigenvalue weighted by atomic mass is 19.4. The van der Waals surface area contributed by atoms with Gasteiger partial charge in [0, 0.05) is 30.3 Å². The van der Waals surface area contributed by atoms with Gasteiger partial charge >= 0.3 is 6.18 Å². The van der Waals surface area contributed by atoms with Crippen molar-refractivity contribution < 1.29 is 27.9 Å². The molecule has 4 fully saturated rings. The summed E-state index contributed by atoms with van der Waals surface area (Å²) in [5, 5.41) is 9.86. The Hall–Kier alpha value is -1.57. The molecule has 1 spiro atoms. The van der Waals surface area contributed by atoms with Gasteiger partial charge in [0.15, 0.2) is 0 Å². The molecule has 1 N–H and O–H groups in total. The third kappa shape index (κ3) is 4.92. The van der Waals surface area contributed by atoms with Crippen molar-refractivity contribution in [1.82, 2.24) is 9.80 Å². The smallest absolute Gasteiger partial charge is 0.396 e. The highest BCUT2D eigenvalue weighted by molar-refractivity contribution is 5.92. The van der Waals surface area contributed by atoms with E-state index >= 15 is 4.79 Å². The second kappa shape index (κ2) is 11.3. The molecule has 6 aliphatic rings. The Labute approximate surface area is 236 Å². The van der Waals surface area contributed by atoms with Gasteiger partial charge in [0.05, 0.1) is 5.41 Å². The standard InChI is InChI=1S/C32H47F3N2O3/c33-32(34,35)20-36-27-13-7-4-8-23(27)18-31(30(36)40)26-12-6-5-11-25(26)29(39)37(24-9-2-1-3-10-24)28(31)22-16-14-21(19-38)15-17-22/h21-22,24-26,28,38H,1-20H2/t21?,22?,25?,26?,28-,31-/m0/s1. The van der Waals surface area contributed by atoms with Crippen molar-refractivity contribution in [2.75, 3.05) is 13.2 Å². The zero-order valence-electron chi connectivity index (χ0n) is 23.9. The number of hydrogen-bond acceptors (Lipinski definition) is 3. The molecule has 0 aromatic carbocycles. The van der Waals surface area contributed by atoms with Gasteiger partial charge in [-0.05, 0) is 107 Å². The van der Waals surface area contributed by atoms with Gasteiger partial charge in [-0.3, -0.25) is 9.59 Å². The predicted octanol–water partition coefficient (Wildman–Crippen LogP) is 6.74. The summed E-state index contributed by atoms with van der Waals surface area (Å²) in [7, 11) is 0. The number of allylic oxidation sites excluding steroid dienone is 2. The molecule has 224 valence electrons. The molecule has 0 aromatic heterocycles. The largest absolute Gasteiger partial charge is 0.406 e. The number of nitrogens with zero attached hydrogens (tertiary/aromatic N) is 2. The monoisotopic (exact) mass is 564 g/mol. The van der Waals surface area contributed by atoms with Gasteiger partial charge in [-0.25, -0.2) is 0 Å². The van der Waals surface area contributed by atoms with Gasteiger partial charge in [0.25, 0.3) is 0 Å². The second-order valence-corrected chi connectivity index (χ2v) is 13.9. The molecular formula is C32H47F3N2O3. The normalized spacial score (nSPS) is 38.0. The minimum atomic E-state index is -4.47. The van der Waals surface area contributed by atoms with E-state index in [0.717, 1.165) is 108 Å². The van der Waals surface area contributed by atoms with E-state index in [1.165, 1.54) is 4.90 Å². The Balaban J connectivity index is 1.51. The number of rotatable bonds is 4. The lowest BCUT2D eigenvalue weighted by Crippen LogP contribution is -2.73. The van der Waals surface area contributed by atoms with Crippen LogP contribution in [0.3, 0.4) is 0 Å². The zero-order chi connectivity index (χ0) is 28.1. The van der Waals surface area contributed by atoms with Crippen molar-refractivity contribution in [2.24, 2.45) is 29.1 Å². The Morgan fingerprint density at radius 1 is 0.825 bits per heavy atom. The lowest BCUT2D eigenvalue weighted by molar-refractivity contribution is -0.196. The number of alkyl halides is 3. The number of hydrogen-bond donors (Lipinski definition) is 1. The highest BCUT2D eigenvalue weighted by Gasteiger charge is 2.67. The second-order valence-electron chi connectivity index (χ2n) is 13.9. The molecule has 0 bridgehead atoms. The van der Waals surface area contributed by atoms with Crippen LogP contribution in [0.25, 0.3) is 0 Å². The van der Waals surface area contributed by atoms with Crippen LogP contribution in [-0.4, -0.2) is 58.1 Å². The van der Waals surface area contributed by atoms with Crippen LogP contribution in [-0.2, 0) is 9.59 Å². The Morgan fingerprint density at radius 2 is 1.50 bits per heavy atom. The molecule has 0 aromatic rings. The third-order valence-electron chi connectivity index (χ3n) is 11.8. The van der Waals surface area contributed by atoms with Crippen molar-refractivity contribution in [3.63, 3.8) is 0 Å². The maximum absolute atomic E-state index is 15.0. The highest BCUT2D eigenvalue weighted by Crippen LogP contribution is 2.61. The molecule has 1 saturated heterocycles. The Kier molecular flexibility index (Phi) is 8.03. The molecule has 8 heteroatoms. The average molecular weight is 565 g/mol. The number of carbonyl (C=O) groups excluding carboxylic acids is 2. The summed E-state index contributed by atoms with van der Waals surface area (Å²) in [6.07, 6.45) is 11.0. The number of amides is 2. The fourth-order valence-corrected chi connectivity index (χ4v) is 10.1. The van der Waals surface area contributed by atoms with Crippen LogP contribution in [0, 0.1) is 29.1 Å². The first kappa shape index (κ1) is 28.5. The number of aliphatic hydroxyl groups excluding tert-OH is 1. The van der Waals surface area contributed by atoms with Crippen LogP contribution < -0.4 is 0 Å². The van der Waals surface area contributed by atoms with Gasteiger partial charge in [0.2, 0.25) is 11.8 Å². The summed E-state index contributed by atoms with van der Waals surface area (Å²) in [6, 6.07) is -0.270. The van der Waals surface area contributed by atoms with Gasteiger partial charge < -0.3 is 14.9 Å². The molecule has 5 nitrogen and oxygen atoms in total. The number of aliphatic hydroxyl groups is 1. The Morgan fingerprint density at radius 3 is 2.20 bits per heavy atom. The van der Waals surface area contributed by atoms with Gasteiger partial charge in [-0.15, -0.1) is 0 Å². The van der Waals surface area contributed by atoms with Crippen LogP contribution in [0.1, 0.15) is 116 Å². The van der Waals surface area contributed by atoms with E-state index in [1.807, 2.05) is 0 Å². The lowest BCUT2D eigenvalue weighted by Gasteiger charge is -2.64. The molecule has 6 rings (SSSR count). The van der Waals surface area contributed by atoms with E-state index in [0.29, 0.717) is 18.5 Å². The summed E-state index contributed by atoms with van der Waals surface area (Å²) in [5.41, 5.74) is 0.719. The van der Waals surface area contributed by atoms with E-state index in [2.05, 4.69) is 4.90 Å². The first-order chi connectivity index (χ1) is 19.2. The number of likely N-dealkylation sites (tertiary alicyclic amines) is 1. The van der Waals surface area contributed by atoms with E-state index < -0.39 is 18.1 Å². The summed E-state index contributed by atoms with van der Waals surface area (Å²) in [4.78, 5) is 32.9. The SMILES string of the molecule is O=C1C2CCCCC2[C@@]2(CC3=C(CCCC3)N(CC(F)(F)F)C2=O)[C@H](C2CCC(CO)CC2)N1C1CCCCC1. The van der Waals surface area contributed by atoms with Crippen molar-refractivity contribution in [3.05, 3.63) is 11.3 Å². The minimum absolute atomic E-state index is 0.0761. The van der Waals surface area contributed by atoms with E-state index in [-0.39, 0.29) is 54.2 Å². The van der Waals surface area contributed by atoms with Crippen molar-refractivity contribution >= 4 is 11.8 Å². The summed E-state index contributed by atoms with van der Waals surface area (Å²) in [5.74, 6) is -0.274. The first-order valence-electron chi connectivity index (χ1n) is 16.3. The van der Waals surface area contributed by atoms with Crippen molar-refractivity contribution in [2.45, 2.75) is 134 Å². The van der Waals surface area contributed by atoms with Crippen LogP contribution >= 0.6 is 0 Å². The molecular weight excluding hydrogens is 517 g/mol. The van der Waals surface area contributed by atoms with Gasteiger partial charge in [-0.2, -0.15) is 13.2 Å². The molecule has 3 saturated carbocycles. The van der Waals surface area contributed by atoms with Crippen LogP contribution in [0.15, 0.2) is 11.3 Å². The molecule has 2 unspecified atom stereocenters. The number of piperidine rings is 1. The molecule has 40 heavy (non-hydrogen) atoms. The summed E-state index contributed by atoms with van der Waals surface area (Å²) >= 11 is 0. The van der Waals surface area contributed by atoms with Gasteiger partial charge in [-0.1, -0.05) is 32.1 Å². The van der Waals surface area contributed by atoms with Crippen molar-refractivity contribution in [3.8, 4) is 0 Å². The quantitative estimate of drug-likeness (QED) is 0.411. The van der Waals surface area contributed by atoms with E-state index in [1.54, 1.807) is 0 Å². The topological polar surface area (TPSA) is 60.9 Å².